The molecule has 2 aromatic heterocycles. The molecule has 0 aliphatic carbocycles. The van der Waals surface area contributed by atoms with E-state index in [0.717, 1.165) is 25.0 Å². The number of nitrogen functional groups attached to an aromatic ring is 1. The molecule has 3 heterocycles. The van der Waals surface area contributed by atoms with Crippen LogP contribution in [-0.4, -0.2) is 56.5 Å². The van der Waals surface area contributed by atoms with Crippen LogP contribution in [0.5, 0.6) is 0 Å². The van der Waals surface area contributed by atoms with E-state index >= 15 is 0 Å². The number of aromatic nitrogens is 6. The maximum Gasteiger partial charge on any atom is 0.229 e. The molecule has 11 heteroatoms. The van der Waals surface area contributed by atoms with Crippen molar-refractivity contribution in [3.05, 3.63) is 35.9 Å². The van der Waals surface area contributed by atoms with E-state index in [1.165, 1.54) is 23.9 Å². The zero-order valence-corrected chi connectivity index (χ0v) is 18.5. The van der Waals surface area contributed by atoms with Gasteiger partial charge in [-0.1, -0.05) is 11.8 Å². The Balaban J connectivity index is 1.65. The predicted octanol–water partition coefficient (Wildman–Crippen LogP) is 2.95. The van der Waals surface area contributed by atoms with Crippen LogP contribution < -0.4 is 10.6 Å². The lowest BCUT2D eigenvalue weighted by atomic mass is 10.2. The van der Waals surface area contributed by atoms with Crippen molar-refractivity contribution in [1.29, 1.82) is 0 Å². The van der Waals surface area contributed by atoms with Crippen LogP contribution in [-0.2, 0) is 11.3 Å². The summed E-state index contributed by atoms with van der Waals surface area (Å²) in [6.45, 7) is 3.37. The van der Waals surface area contributed by atoms with Crippen LogP contribution in [0.3, 0.4) is 0 Å². The van der Waals surface area contributed by atoms with Crippen molar-refractivity contribution in [2.24, 2.45) is 0 Å². The molecule has 1 fully saturated rings. The van der Waals surface area contributed by atoms with Gasteiger partial charge in [0, 0.05) is 26.3 Å². The van der Waals surface area contributed by atoms with Gasteiger partial charge < -0.3 is 15.4 Å². The molecule has 0 amide bonds. The number of nitrogens with two attached hydrogens (primary N) is 1. The third kappa shape index (κ3) is 4.93. The van der Waals surface area contributed by atoms with Gasteiger partial charge in [-0.05, 0) is 44.0 Å². The minimum atomic E-state index is -0.290. The summed E-state index contributed by atoms with van der Waals surface area (Å²) in [6, 6.07) is 6.26. The zero-order chi connectivity index (χ0) is 22.0. The highest BCUT2D eigenvalue weighted by Gasteiger charge is 2.24. The molecule has 3 aromatic rings. The van der Waals surface area contributed by atoms with E-state index in [1.54, 1.807) is 17.0 Å². The van der Waals surface area contributed by atoms with Gasteiger partial charge in [0.2, 0.25) is 11.9 Å². The Morgan fingerprint density at radius 2 is 2.00 bits per heavy atom. The second-order valence-electron chi connectivity index (χ2n) is 7.57. The Labute approximate surface area is 184 Å². The normalized spacial score (nSPS) is 17.1. The van der Waals surface area contributed by atoms with Gasteiger partial charge in [-0.2, -0.15) is 15.0 Å². The Morgan fingerprint density at radius 1 is 1.23 bits per heavy atom. The van der Waals surface area contributed by atoms with E-state index in [1.807, 2.05) is 25.6 Å². The molecule has 1 aliphatic heterocycles. The Kier molecular flexibility index (Phi) is 6.33. The van der Waals surface area contributed by atoms with Gasteiger partial charge in [0.05, 0.1) is 17.9 Å². The van der Waals surface area contributed by atoms with Crippen LogP contribution in [0.4, 0.5) is 16.3 Å². The molecule has 0 radical (unpaired) electrons. The van der Waals surface area contributed by atoms with Crippen molar-refractivity contribution in [3.63, 3.8) is 0 Å². The fraction of sp³-hybridized carbons (Fsp3) is 0.450. The molecule has 164 valence electrons. The molecule has 2 atom stereocenters. The quantitative estimate of drug-likeness (QED) is 0.550. The Bertz CT molecular complexity index is 1040. The first kappa shape index (κ1) is 21.4. The fourth-order valence-electron chi connectivity index (χ4n) is 3.33. The number of nitrogens with zero attached hydrogens (tertiary/aromatic N) is 7. The van der Waals surface area contributed by atoms with Crippen molar-refractivity contribution in [1.82, 2.24) is 29.7 Å². The maximum absolute atomic E-state index is 13.4. The predicted molar refractivity (Wildman–Crippen MR) is 117 cm³/mol. The number of halogens is 1. The highest BCUT2D eigenvalue weighted by atomic mass is 32.2. The molecule has 0 saturated carbocycles. The molecular formula is C20H25FN8OS. The molecule has 0 unspecified atom stereocenters. The van der Waals surface area contributed by atoms with Crippen molar-refractivity contribution in [3.8, 4) is 11.4 Å². The summed E-state index contributed by atoms with van der Waals surface area (Å²) in [5.41, 5.74) is 6.68. The van der Waals surface area contributed by atoms with Gasteiger partial charge in [0.25, 0.3) is 0 Å². The van der Waals surface area contributed by atoms with Gasteiger partial charge in [0.15, 0.2) is 11.0 Å². The Morgan fingerprint density at radius 3 is 2.68 bits per heavy atom. The number of rotatable bonds is 7. The largest absolute Gasteiger partial charge is 0.376 e. The SMILES string of the molecule is C[C@@H](Sc1nnc(-c2ccc(F)cc2)n1C[C@@H]1CCCO1)c1nc(N)nc(N(C)C)n1. The summed E-state index contributed by atoms with van der Waals surface area (Å²) in [5, 5.41) is 9.39. The minimum absolute atomic E-state index is 0.0954. The van der Waals surface area contributed by atoms with E-state index in [-0.39, 0.29) is 23.1 Å². The molecule has 1 aromatic carbocycles. The average molecular weight is 445 g/mol. The first-order valence-corrected chi connectivity index (χ1v) is 10.9. The zero-order valence-electron chi connectivity index (χ0n) is 17.7. The third-order valence-corrected chi connectivity index (χ3v) is 6.01. The number of hydrogen-bond acceptors (Lipinski definition) is 9. The van der Waals surface area contributed by atoms with Crippen molar-refractivity contribution < 1.29 is 9.13 Å². The summed E-state index contributed by atoms with van der Waals surface area (Å²) in [7, 11) is 3.70. The molecule has 1 aliphatic rings. The van der Waals surface area contributed by atoms with Crippen LogP contribution in [0.15, 0.2) is 29.4 Å². The number of ether oxygens (including phenoxy) is 1. The average Bonchev–Trinajstić information content (AvgIpc) is 3.39. The van der Waals surface area contributed by atoms with Crippen molar-refractivity contribution in [2.45, 2.75) is 42.8 Å². The molecule has 9 nitrogen and oxygen atoms in total. The van der Waals surface area contributed by atoms with Gasteiger partial charge in [-0.15, -0.1) is 10.2 Å². The van der Waals surface area contributed by atoms with Crippen LogP contribution in [0.25, 0.3) is 11.4 Å². The highest BCUT2D eigenvalue weighted by Crippen LogP contribution is 2.35. The van der Waals surface area contributed by atoms with E-state index in [9.17, 15) is 4.39 Å². The number of anilines is 2. The van der Waals surface area contributed by atoms with E-state index in [0.29, 0.717) is 29.3 Å². The topological polar surface area (TPSA) is 108 Å². The van der Waals surface area contributed by atoms with Crippen LogP contribution in [0, 0.1) is 5.82 Å². The smallest absolute Gasteiger partial charge is 0.229 e. The monoisotopic (exact) mass is 444 g/mol. The summed E-state index contributed by atoms with van der Waals surface area (Å²) in [5.74, 6) is 1.63. The number of thioether (sulfide) groups is 1. The molecule has 31 heavy (non-hydrogen) atoms. The van der Waals surface area contributed by atoms with E-state index in [2.05, 4.69) is 25.1 Å². The maximum atomic E-state index is 13.4. The summed E-state index contributed by atoms with van der Waals surface area (Å²) in [6.07, 6.45) is 2.12. The summed E-state index contributed by atoms with van der Waals surface area (Å²) < 4.78 is 21.3. The lowest BCUT2D eigenvalue weighted by molar-refractivity contribution is 0.0953. The van der Waals surface area contributed by atoms with Gasteiger partial charge >= 0.3 is 0 Å². The van der Waals surface area contributed by atoms with Crippen LogP contribution >= 0.6 is 11.8 Å². The third-order valence-electron chi connectivity index (χ3n) is 4.93. The molecule has 1 saturated heterocycles. The van der Waals surface area contributed by atoms with E-state index < -0.39 is 0 Å². The van der Waals surface area contributed by atoms with E-state index in [4.69, 9.17) is 10.5 Å². The standard InChI is InChI=1S/C20H25FN8OS/c1-12(16-23-18(22)25-19(24-16)28(2)3)31-20-27-26-17(13-6-8-14(21)9-7-13)29(20)11-15-5-4-10-30-15/h6-9,12,15H,4-5,10-11H2,1-3H3,(H2,22,23,24,25)/t12-,15+/m1/s1. The second-order valence-corrected chi connectivity index (χ2v) is 8.87. The molecule has 0 spiro atoms. The van der Waals surface area contributed by atoms with Gasteiger partial charge in [0.1, 0.15) is 11.6 Å². The fourth-order valence-corrected chi connectivity index (χ4v) is 4.24. The van der Waals surface area contributed by atoms with Gasteiger partial charge in [-0.3, -0.25) is 4.57 Å². The van der Waals surface area contributed by atoms with Crippen molar-refractivity contribution in [2.75, 3.05) is 31.3 Å². The second kappa shape index (κ2) is 9.15. The number of benzene rings is 1. The lowest BCUT2D eigenvalue weighted by Crippen LogP contribution is -2.18. The Hall–Kier alpha value is -2.79. The lowest BCUT2D eigenvalue weighted by Gasteiger charge is -2.17. The number of hydrogen-bond donors (Lipinski definition) is 1. The van der Waals surface area contributed by atoms with Crippen LogP contribution in [0.2, 0.25) is 0 Å². The summed E-state index contributed by atoms with van der Waals surface area (Å²) in [4.78, 5) is 14.8. The highest BCUT2D eigenvalue weighted by molar-refractivity contribution is 7.99. The first-order chi connectivity index (χ1) is 14.9. The first-order valence-electron chi connectivity index (χ1n) is 10.1. The van der Waals surface area contributed by atoms with Crippen molar-refractivity contribution >= 4 is 23.7 Å². The molecule has 0 bridgehead atoms. The van der Waals surface area contributed by atoms with Gasteiger partial charge in [-0.25, -0.2) is 4.39 Å². The molecular weight excluding hydrogens is 419 g/mol. The minimum Gasteiger partial charge on any atom is -0.376 e. The van der Waals surface area contributed by atoms with Crippen LogP contribution in [0.1, 0.15) is 30.8 Å². The summed E-state index contributed by atoms with van der Waals surface area (Å²) >= 11 is 1.49. The molecule has 4 rings (SSSR count). The molecule has 2 N–H and O–H groups in total.